The van der Waals surface area contributed by atoms with Gasteiger partial charge in [0, 0.05) is 13.1 Å². The Morgan fingerprint density at radius 2 is 1.53 bits per heavy atom. The van der Waals surface area contributed by atoms with Gasteiger partial charge in [-0.15, -0.1) is 5.10 Å². The lowest BCUT2D eigenvalue weighted by Crippen LogP contribution is -2.23. The van der Waals surface area contributed by atoms with Gasteiger partial charge >= 0.3 is 0 Å². The highest BCUT2D eigenvalue weighted by Crippen LogP contribution is 2.14. The van der Waals surface area contributed by atoms with Crippen LogP contribution in [0.2, 0.25) is 0 Å². The molecule has 0 aliphatic heterocycles. The molecule has 32 heavy (non-hydrogen) atoms. The fraction of sp³-hybridized carbons (Fsp3) is 0.120. The Hall–Kier alpha value is -4.26. The van der Waals surface area contributed by atoms with Crippen LogP contribution in [0.4, 0.5) is 0 Å². The fourth-order valence-electron chi connectivity index (χ4n) is 3.62. The number of hydrogen-bond acceptors (Lipinski definition) is 4. The van der Waals surface area contributed by atoms with Crippen molar-refractivity contribution in [2.24, 2.45) is 0 Å². The van der Waals surface area contributed by atoms with Crippen LogP contribution in [0.25, 0.3) is 11.0 Å². The molecule has 1 amide bonds. The Balaban J connectivity index is 1.17. The average Bonchev–Trinajstić information content (AvgIpc) is 3.47. The number of nitrogens with zero attached hydrogens (tertiary/aromatic N) is 5. The van der Waals surface area contributed by atoms with Gasteiger partial charge in [-0.3, -0.25) is 4.79 Å². The summed E-state index contributed by atoms with van der Waals surface area (Å²) >= 11 is 0. The summed E-state index contributed by atoms with van der Waals surface area (Å²) in [4.78, 5) is 16.9. The normalized spacial score (nSPS) is 11.0. The van der Waals surface area contributed by atoms with Gasteiger partial charge in [0.25, 0.3) is 5.91 Å². The van der Waals surface area contributed by atoms with Crippen LogP contribution in [0.3, 0.4) is 0 Å². The lowest BCUT2D eigenvalue weighted by atomic mass is 10.1. The summed E-state index contributed by atoms with van der Waals surface area (Å²) in [5, 5.41) is 11.0. The molecule has 1 N–H and O–H groups in total. The third-order valence-electron chi connectivity index (χ3n) is 5.32. The van der Waals surface area contributed by atoms with Crippen LogP contribution in [0.1, 0.15) is 27.2 Å². The fourth-order valence-corrected chi connectivity index (χ4v) is 3.62. The zero-order valence-corrected chi connectivity index (χ0v) is 17.4. The maximum Gasteiger partial charge on any atom is 0.273 e. The molecule has 7 heteroatoms. The van der Waals surface area contributed by atoms with E-state index in [1.807, 2.05) is 67.0 Å². The van der Waals surface area contributed by atoms with Crippen LogP contribution in [0.15, 0.2) is 91.4 Å². The molecule has 5 aromatic rings. The third kappa shape index (κ3) is 4.41. The van der Waals surface area contributed by atoms with E-state index in [1.54, 1.807) is 10.9 Å². The van der Waals surface area contributed by atoms with Gasteiger partial charge in [-0.2, -0.15) is 0 Å². The molecule has 0 spiro atoms. The Morgan fingerprint density at radius 3 is 2.38 bits per heavy atom. The first kappa shape index (κ1) is 19.7. The number of carbonyl (C=O) groups excluding carboxylic acids is 1. The number of imidazole rings is 1. The summed E-state index contributed by atoms with van der Waals surface area (Å²) < 4.78 is 3.80. The van der Waals surface area contributed by atoms with Gasteiger partial charge in [-0.25, -0.2) is 9.67 Å². The van der Waals surface area contributed by atoms with Crippen molar-refractivity contribution in [1.82, 2.24) is 29.9 Å². The van der Waals surface area contributed by atoms with E-state index < -0.39 is 0 Å². The third-order valence-corrected chi connectivity index (χ3v) is 5.32. The van der Waals surface area contributed by atoms with Crippen LogP contribution < -0.4 is 5.32 Å². The quantitative estimate of drug-likeness (QED) is 0.434. The van der Waals surface area contributed by atoms with E-state index >= 15 is 0 Å². The minimum absolute atomic E-state index is 0.238. The number of carbonyl (C=O) groups is 1. The van der Waals surface area contributed by atoms with E-state index in [9.17, 15) is 4.79 Å². The second-order valence-corrected chi connectivity index (χ2v) is 7.65. The first-order valence-corrected chi connectivity index (χ1v) is 10.4. The molecular weight excluding hydrogens is 400 g/mol. The molecular formula is C25H22N6O. The molecule has 0 atom stereocenters. The van der Waals surface area contributed by atoms with E-state index in [0.717, 1.165) is 28.7 Å². The summed E-state index contributed by atoms with van der Waals surface area (Å²) in [7, 11) is 0. The van der Waals surface area contributed by atoms with E-state index in [0.29, 0.717) is 18.8 Å². The standard InChI is InChI=1S/C25H22N6O/c32-25(23-17-31(29-28-23)16-20-6-2-1-3-7-20)26-14-19-10-12-21(13-11-19)15-30-18-27-22-8-4-5-9-24(22)30/h1-13,17-18H,14-16H2,(H,26,32). The monoisotopic (exact) mass is 422 g/mol. The van der Waals surface area contributed by atoms with Gasteiger partial charge < -0.3 is 9.88 Å². The minimum Gasteiger partial charge on any atom is -0.347 e. The van der Waals surface area contributed by atoms with Crippen molar-refractivity contribution in [3.05, 3.63) is 114 Å². The predicted molar refractivity (Wildman–Crippen MR) is 122 cm³/mol. The highest BCUT2D eigenvalue weighted by atomic mass is 16.2. The van der Waals surface area contributed by atoms with Crippen molar-refractivity contribution in [1.29, 1.82) is 0 Å². The predicted octanol–water partition coefficient (Wildman–Crippen LogP) is 3.65. The second kappa shape index (κ2) is 8.85. The molecule has 2 aromatic heterocycles. The van der Waals surface area contributed by atoms with Gasteiger partial charge in [0.15, 0.2) is 5.69 Å². The lowest BCUT2D eigenvalue weighted by Gasteiger charge is -2.07. The van der Waals surface area contributed by atoms with Crippen LogP contribution in [0, 0.1) is 0 Å². The molecule has 5 rings (SSSR count). The number of hydrogen-bond donors (Lipinski definition) is 1. The molecule has 0 radical (unpaired) electrons. The van der Waals surface area contributed by atoms with Crippen LogP contribution in [-0.4, -0.2) is 30.5 Å². The van der Waals surface area contributed by atoms with Gasteiger partial charge in [0.1, 0.15) is 0 Å². The Morgan fingerprint density at radius 1 is 0.812 bits per heavy atom. The number of aromatic nitrogens is 5. The van der Waals surface area contributed by atoms with Crippen LogP contribution in [0.5, 0.6) is 0 Å². The number of nitrogens with one attached hydrogen (secondary N) is 1. The molecule has 7 nitrogen and oxygen atoms in total. The van der Waals surface area contributed by atoms with Gasteiger partial charge in [0.2, 0.25) is 0 Å². The largest absolute Gasteiger partial charge is 0.347 e. The lowest BCUT2D eigenvalue weighted by molar-refractivity contribution is 0.0946. The summed E-state index contributed by atoms with van der Waals surface area (Å²) in [6.07, 6.45) is 3.53. The maximum atomic E-state index is 12.4. The number of fused-ring (bicyclic) bond motifs is 1. The molecule has 0 fully saturated rings. The van der Waals surface area contributed by atoms with Crippen LogP contribution in [-0.2, 0) is 19.6 Å². The highest BCUT2D eigenvalue weighted by molar-refractivity contribution is 5.91. The maximum absolute atomic E-state index is 12.4. The van der Waals surface area contributed by atoms with Crippen molar-refractivity contribution >= 4 is 16.9 Å². The molecule has 3 aromatic carbocycles. The SMILES string of the molecule is O=C(NCc1ccc(Cn2cnc3ccccc32)cc1)c1cn(Cc2ccccc2)nn1. The van der Waals surface area contributed by atoms with Crippen LogP contribution >= 0.6 is 0 Å². The number of rotatable bonds is 7. The first-order chi connectivity index (χ1) is 15.7. The molecule has 2 heterocycles. The molecule has 0 saturated heterocycles. The van der Waals surface area contributed by atoms with Crippen molar-refractivity contribution in [2.75, 3.05) is 0 Å². The summed E-state index contributed by atoms with van der Waals surface area (Å²) in [5.74, 6) is -0.238. The number of benzene rings is 3. The smallest absolute Gasteiger partial charge is 0.273 e. The molecule has 0 aliphatic carbocycles. The zero-order valence-electron chi connectivity index (χ0n) is 17.4. The Labute approximate surface area is 185 Å². The zero-order chi connectivity index (χ0) is 21.8. The van der Waals surface area contributed by atoms with E-state index in [1.165, 1.54) is 5.56 Å². The molecule has 0 saturated carbocycles. The topological polar surface area (TPSA) is 77.6 Å². The van der Waals surface area contributed by atoms with Crippen molar-refractivity contribution in [3.63, 3.8) is 0 Å². The Bertz CT molecular complexity index is 1340. The van der Waals surface area contributed by atoms with E-state index in [4.69, 9.17) is 0 Å². The summed E-state index contributed by atoms with van der Waals surface area (Å²) in [6, 6.07) is 26.3. The number of amides is 1. The average molecular weight is 422 g/mol. The van der Waals surface area contributed by atoms with E-state index in [-0.39, 0.29) is 5.91 Å². The number of para-hydroxylation sites is 2. The summed E-state index contributed by atoms with van der Waals surface area (Å²) in [6.45, 7) is 1.76. The molecule has 0 aliphatic rings. The molecule has 158 valence electrons. The van der Waals surface area contributed by atoms with Crippen molar-refractivity contribution < 1.29 is 4.79 Å². The van der Waals surface area contributed by atoms with Gasteiger partial charge in [-0.05, 0) is 28.8 Å². The summed E-state index contributed by atoms with van der Waals surface area (Å²) in [5.41, 5.74) is 5.72. The Kier molecular flexibility index (Phi) is 5.45. The van der Waals surface area contributed by atoms with Crippen molar-refractivity contribution in [2.45, 2.75) is 19.6 Å². The minimum atomic E-state index is -0.238. The second-order valence-electron chi connectivity index (χ2n) is 7.65. The molecule has 0 unspecified atom stereocenters. The van der Waals surface area contributed by atoms with Crippen molar-refractivity contribution in [3.8, 4) is 0 Å². The first-order valence-electron chi connectivity index (χ1n) is 10.4. The van der Waals surface area contributed by atoms with Gasteiger partial charge in [-0.1, -0.05) is 71.9 Å². The molecule has 0 bridgehead atoms. The van der Waals surface area contributed by atoms with E-state index in [2.05, 4.69) is 43.4 Å². The highest BCUT2D eigenvalue weighted by Gasteiger charge is 2.11. The van der Waals surface area contributed by atoms with Gasteiger partial charge in [0.05, 0.1) is 30.1 Å².